The quantitative estimate of drug-likeness (QED) is 0.180. The van der Waals surface area contributed by atoms with E-state index < -0.39 is 0 Å². The van der Waals surface area contributed by atoms with Gasteiger partial charge < -0.3 is 4.57 Å². The topological polar surface area (TPSA) is 48.5 Å². The third-order valence-electron chi connectivity index (χ3n) is 10.6. The minimum atomic E-state index is 0.0895. The molecule has 0 aliphatic rings. The first-order chi connectivity index (χ1) is 26.4. The number of nitrogens with zero attached hydrogens (tertiary/aromatic N) is 5. The van der Waals surface area contributed by atoms with E-state index in [0.29, 0.717) is 17.6 Å². The van der Waals surface area contributed by atoms with Crippen molar-refractivity contribution in [2.45, 2.75) is 26.2 Å². The summed E-state index contributed by atoms with van der Waals surface area (Å²) >= 11 is 0. The van der Waals surface area contributed by atoms with Gasteiger partial charge in [-0.05, 0) is 64.6 Å². The summed E-state index contributed by atoms with van der Waals surface area (Å²) in [7, 11) is 0. The fourth-order valence-electron chi connectivity index (χ4n) is 7.80. The minimum Gasteiger partial charge on any atom is -0.309 e. The highest BCUT2D eigenvalue weighted by molar-refractivity contribution is 6.12. The molecule has 54 heavy (non-hydrogen) atoms. The van der Waals surface area contributed by atoms with E-state index in [1.54, 1.807) is 0 Å². The van der Waals surface area contributed by atoms with Crippen LogP contribution in [0.2, 0.25) is 0 Å². The van der Waals surface area contributed by atoms with Gasteiger partial charge in [0.2, 0.25) is 5.95 Å². The van der Waals surface area contributed by atoms with Crippen molar-refractivity contribution in [1.82, 2.24) is 24.1 Å². The van der Waals surface area contributed by atoms with E-state index >= 15 is 0 Å². The molecule has 258 valence electrons. The number of hydrogen-bond acceptors (Lipinski definition) is 3. The summed E-state index contributed by atoms with van der Waals surface area (Å²) in [6.07, 6.45) is 0. The number of fused-ring (bicyclic) bond motifs is 6. The van der Waals surface area contributed by atoms with Crippen molar-refractivity contribution in [2.24, 2.45) is 0 Å². The lowest BCUT2D eigenvalue weighted by Crippen LogP contribution is -2.10. The Balaban J connectivity index is 1.16. The van der Waals surface area contributed by atoms with Crippen LogP contribution in [-0.4, -0.2) is 24.1 Å². The summed E-state index contributed by atoms with van der Waals surface area (Å²) in [5, 5.41) is 4.78. The Bertz CT molecular complexity index is 2950. The molecule has 0 saturated carbocycles. The molecule has 3 heterocycles. The molecule has 5 nitrogen and oxygen atoms in total. The standard InChI is InChI=1S/C49H37N5/c1-49(2,3)36-24-26-37(27-25-36)53-42-20-12-10-18-38(42)40-28-22-35(31-45(40)53)34-23-29-44-41(30-34)39-19-11-13-21-43(39)54(44)48-51-46(32-14-6-4-7-15-32)50-47(52-48)33-16-8-5-9-17-33/h4-31H,1-3H3. The van der Waals surface area contributed by atoms with E-state index in [1.165, 1.54) is 27.4 Å². The SMILES string of the molecule is CC(C)(C)c1ccc(-n2c3ccccc3c3ccc(-c4ccc5c(c4)c4ccccc4n5-c4nc(-c5ccccc5)nc(-c5ccccc5)n4)cc32)cc1. The van der Waals surface area contributed by atoms with E-state index in [4.69, 9.17) is 15.0 Å². The zero-order chi connectivity index (χ0) is 36.4. The molecule has 0 N–H and O–H groups in total. The van der Waals surface area contributed by atoms with Crippen LogP contribution in [0.5, 0.6) is 0 Å². The Morgan fingerprint density at radius 2 is 0.870 bits per heavy atom. The van der Waals surface area contributed by atoms with Crippen LogP contribution in [0, 0.1) is 0 Å². The minimum absolute atomic E-state index is 0.0895. The van der Waals surface area contributed by atoms with Gasteiger partial charge in [0, 0.05) is 38.4 Å². The Morgan fingerprint density at radius 3 is 1.50 bits per heavy atom. The molecule has 3 aromatic heterocycles. The average molecular weight is 696 g/mol. The lowest BCUT2D eigenvalue weighted by Gasteiger charge is -2.19. The number of para-hydroxylation sites is 2. The zero-order valence-electron chi connectivity index (χ0n) is 30.4. The van der Waals surface area contributed by atoms with Gasteiger partial charge in [-0.15, -0.1) is 0 Å². The fourth-order valence-corrected chi connectivity index (χ4v) is 7.80. The fraction of sp³-hybridized carbons (Fsp3) is 0.0816. The molecule has 0 bridgehead atoms. The van der Waals surface area contributed by atoms with Crippen LogP contribution in [0.25, 0.3) is 89.2 Å². The molecule has 0 aliphatic heterocycles. The van der Waals surface area contributed by atoms with E-state index in [2.05, 4.69) is 139 Å². The lowest BCUT2D eigenvalue weighted by molar-refractivity contribution is 0.590. The summed E-state index contributed by atoms with van der Waals surface area (Å²) in [6, 6.07) is 60.2. The van der Waals surface area contributed by atoms with Gasteiger partial charge in [0.05, 0.1) is 22.1 Å². The van der Waals surface area contributed by atoms with Crippen molar-refractivity contribution in [1.29, 1.82) is 0 Å². The van der Waals surface area contributed by atoms with Gasteiger partial charge in [0.25, 0.3) is 0 Å². The molecule has 0 aliphatic carbocycles. The molecule has 0 fully saturated rings. The van der Waals surface area contributed by atoms with Crippen LogP contribution in [0.1, 0.15) is 26.3 Å². The second kappa shape index (κ2) is 12.4. The van der Waals surface area contributed by atoms with Crippen molar-refractivity contribution < 1.29 is 0 Å². The second-order valence-electron chi connectivity index (χ2n) is 15.0. The van der Waals surface area contributed by atoms with E-state index in [9.17, 15) is 0 Å². The maximum absolute atomic E-state index is 5.10. The largest absolute Gasteiger partial charge is 0.309 e. The van der Waals surface area contributed by atoms with Crippen molar-refractivity contribution in [3.8, 4) is 45.5 Å². The molecule has 0 atom stereocenters. The number of benzene rings is 7. The number of hydrogen-bond donors (Lipinski definition) is 0. The van der Waals surface area contributed by atoms with Crippen LogP contribution in [-0.2, 0) is 5.41 Å². The summed E-state index contributed by atoms with van der Waals surface area (Å²) in [5.41, 5.74) is 11.2. The van der Waals surface area contributed by atoms with Crippen molar-refractivity contribution >= 4 is 43.6 Å². The van der Waals surface area contributed by atoms with Crippen LogP contribution in [0.3, 0.4) is 0 Å². The van der Waals surface area contributed by atoms with E-state index in [1.807, 2.05) is 60.7 Å². The number of aromatic nitrogens is 5. The average Bonchev–Trinajstić information content (AvgIpc) is 3.73. The molecule has 0 radical (unpaired) electrons. The summed E-state index contributed by atoms with van der Waals surface area (Å²) in [4.78, 5) is 15.1. The molecule has 0 unspecified atom stereocenters. The molecule has 5 heteroatoms. The van der Waals surface area contributed by atoms with E-state index in [-0.39, 0.29) is 5.41 Å². The van der Waals surface area contributed by atoms with Crippen LogP contribution < -0.4 is 0 Å². The Hall–Kier alpha value is -6.85. The van der Waals surface area contributed by atoms with Gasteiger partial charge in [0.1, 0.15) is 0 Å². The first kappa shape index (κ1) is 31.9. The van der Waals surface area contributed by atoms with Crippen LogP contribution >= 0.6 is 0 Å². The van der Waals surface area contributed by atoms with Crippen molar-refractivity contribution in [2.75, 3.05) is 0 Å². The molecule has 10 rings (SSSR count). The highest BCUT2D eigenvalue weighted by Gasteiger charge is 2.20. The van der Waals surface area contributed by atoms with Crippen LogP contribution in [0.15, 0.2) is 170 Å². The highest BCUT2D eigenvalue weighted by atomic mass is 15.2. The molecular weight excluding hydrogens is 659 g/mol. The summed E-state index contributed by atoms with van der Waals surface area (Å²) < 4.78 is 4.58. The summed E-state index contributed by atoms with van der Waals surface area (Å²) in [5.74, 6) is 1.86. The Kier molecular flexibility index (Phi) is 7.31. The molecule has 10 aromatic rings. The molecule has 0 amide bonds. The van der Waals surface area contributed by atoms with Gasteiger partial charge in [-0.1, -0.05) is 148 Å². The second-order valence-corrected chi connectivity index (χ2v) is 15.0. The van der Waals surface area contributed by atoms with Crippen molar-refractivity contribution in [3.63, 3.8) is 0 Å². The van der Waals surface area contributed by atoms with Gasteiger partial charge >= 0.3 is 0 Å². The summed E-state index contributed by atoms with van der Waals surface area (Å²) in [6.45, 7) is 6.78. The third-order valence-corrected chi connectivity index (χ3v) is 10.6. The first-order valence-electron chi connectivity index (χ1n) is 18.5. The Labute approximate surface area is 313 Å². The smallest absolute Gasteiger partial charge is 0.238 e. The maximum Gasteiger partial charge on any atom is 0.238 e. The van der Waals surface area contributed by atoms with Gasteiger partial charge in [0.15, 0.2) is 11.6 Å². The molecule has 0 spiro atoms. The Morgan fingerprint density at radius 1 is 0.370 bits per heavy atom. The predicted molar refractivity (Wildman–Crippen MR) is 224 cm³/mol. The third kappa shape index (κ3) is 5.28. The van der Waals surface area contributed by atoms with Crippen molar-refractivity contribution in [3.05, 3.63) is 175 Å². The molecule has 7 aromatic carbocycles. The van der Waals surface area contributed by atoms with Crippen LogP contribution in [0.4, 0.5) is 0 Å². The van der Waals surface area contributed by atoms with Gasteiger partial charge in [-0.2, -0.15) is 9.97 Å². The maximum atomic E-state index is 5.10. The monoisotopic (exact) mass is 695 g/mol. The lowest BCUT2D eigenvalue weighted by atomic mass is 9.87. The van der Waals surface area contributed by atoms with Gasteiger partial charge in [-0.25, -0.2) is 4.98 Å². The van der Waals surface area contributed by atoms with Gasteiger partial charge in [-0.3, -0.25) is 4.57 Å². The predicted octanol–water partition coefficient (Wildman–Crippen LogP) is 12.4. The molecule has 0 saturated heterocycles. The molecular formula is C49H37N5. The normalized spacial score (nSPS) is 12.0. The zero-order valence-corrected chi connectivity index (χ0v) is 30.4. The highest BCUT2D eigenvalue weighted by Crippen LogP contribution is 2.38. The van der Waals surface area contributed by atoms with E-state index in [0.717, 1.165) is 49.7 Å². The number of rotatable bonds is 5. The first-order valence-corrected chi connectivity index (χ1v) is 18.5.